The lowest BCUT2D eigenvalue weighted by Crippen LogP contribution is -2.21. The van der Waals surface area contributed by atoms with Crippen molar-refractivity contribution in [3.8, 4) is 5.75 Å². The van der Waals surface area contributed by atoms with E-state index in [9.17, 15) is 9.59 Å². The lowest BCUT2D eigenvalue weighted by atomic mass is 10.0. The molecular weight excluding hydrogens is 432 g/mol. The summed E-state index contributed by atoms with van der Waals surface area (Å²) in [7, 11) is 1.50. The molecule has 0 aliphatic heterocycles. The minimum absolute atomic E-state index is 0.104. The van der Waals surface area contributed by atoms with Gasteiger partial charge in [-0.3, -0.25) is 14.3 Å². The second-order valence-electron chi connectivity index (χ2n) is 7.63. The molecule has 0 saturated heterocycles. The summed E-state index contributed by atoms with van der Waals surface area (Å²) in [5.41, 5.74) is 2.37. The maximum Gasteiger partial charge on any atom is 0.291 e. The molecule has 2 aromatic heterocycles. The standard InChI is InChI=1S/C23H27ClN4O4/c1-6-28-11-18(21(27-28)23(30)25-5)26-22(29)19-8-7-15(32-19)12-31-20-9-14(4)17(24)10-16(20)13(2)3/h7-11,13H,6,12H2,1-5H3,(H,25,30)(H,26,29). The number of aromatic nitrogens is 2. The van der Waals surface area contributed by atoms with Gasteiger partial charge in [0, 0.05) is 24.8 Å². The Balaban J connectivity index is 1.72. The number of amides is 2. The van der Waals surface area contributed by atoms with E-state index in [-0.39, 0.29) is 29.9 Å². The van der Waals surface area contributed by atoms with Gasteiger partial charge in [-0.15, -0.1) is 0 Å². The van der Waals surface area contributed by atoms with Gasteiger partial charge in [0.15, 0.2) is 11.5 Å². The Kier molecular flexibility index (Phi) is 7.25. The Hall–Kier alpha value is -3.26. The Morgan fingerprint density at radius 1 is 1.25 bits per heavy atom. The molecular formula is C23H27ClN4O4. The number of carbonyl (C=O) groups is 2. The highest BCUT2D eigenvalue weighted by Crippen LogP contribution is 2.32. The van der Waals surface area contributed by atoms with Gasteiger partial charge in [0.2, 0.25) is 0 Å². The summed E-state index contributed by atoms with van der Waals surface area (Å²) in [6, 6.07) is 7.06. The average Bonchev–Trinajstić information content (AvgIpc) is 3.40. The molecule has 3 aromatic rings. The van der Waals surface area contributed by atoms with Crippen LogP contribution in [0.15, 0.2) is 34.9 Å². The fourth-order valence-electron chi connectivity index (χ4n) is 3.12. The lowest BCUT2D eigenvalue weighted by molar-refractivity contribution is 0.0958. The van der Waals surface area contributed by atoms with Crippen molar-refractivity contribution < 1.29 is 18.7 Å². The topological polar surface area (TPSA) is 98.4 Å². The second-order valence-corrected chi connectivity index (χ2v) is 8.04. The fraction of sp³-hybridized carbons (Fsp3) is 0.348. The molecule has 2 heterocycles. The third kappa shape index (κ3) is 5.13. The Labute approximate surface area is 191 Å². The number of nitrogens with one attached hydrogen (secondary N) is 2. The SMILES string of the molecule is CCn1cc(NC(=O)c2ccc(COc3cc(C)c(Cl)cc3C(C)C)o2)c(C(=O)NC)n1. The van der Waals surface area contributed by atoms with Crippen molar-refractivity contribution in [2.75, 3.05) is 12.4 Å². The van der Waals surface area contributed by atoms with Crippen LogP contribution in [0.4, 0.5) is 5.69 Å². The van der Waals surface area contributed by atoms with Crippen molar-refractivity contribution in [1.82, 2.24) is 15.1 Å². The van der Waals surface area contributed by atoms with Gasteiger partial charge in [0.25, 0.3) is 11.8 Å². The van der Waals surface area contributed by atoms with E-state index in [0.717, 1.165) is 16.9 Å². The molecule has 0 aliphatic carbocycles. The molecule has 0 spiro atoms. The first-order chi connectivity index (χ1) is 15.2. The molecule has 0 atom stereocenters. The summed E-state index contributed by atoms with van der Waals surface area (Å²) < 4.78 is 13.2. The molecule has 0 bridgehead atoms. The van der Waals surface area contributed by atoms with E-state index in [1.165, 1.54) is 7.05 Å². The minimum atomic E-state index is -0.484. The van der Waals surface area contributed by atoms with Gasteiger partial charge in [-0.2, -0.15) is 5.10 Å². The third-order valence-electron chi connectivity index (χ3n) is 4.94. The molecule has 2 N–H and O–H groups in total. The maximum absolute atomic E-state index is 12.7. The highest BCUT2D eigenvalue weighted by Gasteiger charge is 2.20. The van der Waals surface area contributed by atoms with E-state index in [4.69, 9.17) is 20.8 Å². The molecule has 170 valence electrons. The zero-order chi connectivity index (χ0) is 23.4. The van der Waals surface area contributed by atoms with Gasteiger partial charge in [-0.25, -0.2) is 0 Å². The number of ether oxygens (including phenoxy) is 1. The zero-order valence-electron chi connectivity index (χ0n) is 18.8. The van der Waals surface area contributed by atoms with Crippen molar-refractivity contribution in [3.63, 3.8) is 0 Å². The van der Waals surface area contributed by atoms with Gasteiger partial charge in [-0.05, 0) is 55.2 Å². The van der Waals surface area contributed by atoms with Crippen molar-refractivity contribution >= 4 is 29.1 Å². The predicted octanol–water partition coefficient (Wildman–Crippen LogP) is 4.77. The van der Waals surface area contributed by atoms with Gasteiger partial charge < -0.3 is 19.8 Å². The quantitative estimate of drug-likeness (QED) is 0.506. The van der Waals surface area contributed by atoms with Crippen molar-refractivity contribution in [1.29, 1.82) is 0 Å². The fourth-order valence-corrected chi connectivity index (χ4v) is 3.29. The Morgan fingerprint density at radius 2 is 2.00 bits per heavy atom. The molecule has 1 aromatic carbocycles. The third-order valence-corrected chi connectivity index (χ3v) is 5.35. The second kappa shape index (κ2) is 9.91. The molecule has 0 aliphatic rings. The highest BCUT2D eigenvalue weighted by atomic mass is 35.5. The first kappa shape index (κ1) is 23.4. The van der Waals surface area contributed by atoms with Crippen LogP contribution in [0.25, 0.3) is 0 Å². The van der Waals surface area contributed by atoms with Crippen molar-refractivity contribution in [2.45, 2.75) is 46.8 Å². The molecule has 2 amide bonds. The van der Waals surface area contributed by atoms with E-state index in [1.807, 2.05) is 26.0 Å². The van der Waals surface area contributed by atoms with Crippen LogP contribution in [0, 0.1) is 6.92 Å². The number of benzene rings is 1. The van der Waals surface area contributed by atoms with Crippen LogP contribution in [0.1, 0.15) is 64.6 Å². The van der Waals surface area contributed by atoms with Crippen molar-refractivity contribution in [2.24, 2.45) is 0 Å². The number of carbonyl (C=O) groups excluding carboxylic acids is 2. The summed E-state index contributed by atoms with van der Waals surface area (Å²) >= 11 is 6.25. The largest absolute Gasteiger partial charge is 0.485 e. The Bertz CT molecular complexity index is 1130. The number of hydrogen-bond acceptors (Lipinski definition) is 5. The van der Waals surface area contributed by atoms with E-state index >= 15 is 0 Å². The van der Waals surface area contributed by atoms with Gasteiger partial charge >= 0.3 is 0 Å². The minimum Gasteiger partial charge on any atom is -0.485 e. The summed E-state index contributed by atoms with van der Waals surface area (Å²) in [4.78, 5) is 24.7. The van der Waals surface area contributed by atoms with Crippen LogP contribution < -0.4 is 15.4 Å². The molecule has 9 heteroatoms. The van der Waals surface area contributed by atoms with Gasteiger partial charge in [0.1, 0.15) is 18.1 Å². The zero-order valence-corrected chi connectivity index (χ0v) is 19.5. The van der Waals surface area contributed by atoms with Crippen LogP contribution in [0.2, 0.25) is 5.02 Å². The number of hydrogen-bond donors (Lipinski definition) is 2. The van der Waals surface area contributed by atoms with Crippen LogP contribution in [0.5, 0.6) is 5.75 Å². The number of aryl methyl sites for hydroxylation is 2. The summed E-state index contributed by atoms with van der Waals surface area (Å²) in [6.07, 6.45) is 1.60. The first-order valence-electron chi connectivity index (χ1n) is 10.4. The number of furan rings is 1. The maximum atomic E-state index is 12.7. The predicted molar refractivity (Wildman–Crippen MR) is 123 cm³/mol. The number of anilines is 1. The lowest BCUT2D eigenvalue weighted by Gasteiger charge is -2.15. The Morgan fingerprint density at radius 3 is 2.66 bits per heavy atom. The number of rotatable bonds is 8. The van der Waals surface area contributed by atoms with Gasteiger partial charge in [-0.1, -0.05) is 25.4 Å². The van der Waals surface area contributed by atoms with Crippen LogP contribution in [-0.2, 0) is 13.2 Å². The van der Waals surface area contributed by atoms with Crippen LogP contribution in [-0.4, -0.2) is 28.6 Å². The van der Waals surface area contributed by atoms with Crippen molar-refractivity contribution in [3.05, 3.63) is 63.8 Å². The molecule has 0 saturated carbocycles. The monoisotopic (exact) mass is 458 g/mol. The number of halogens is 1. The summed E-state index contributed by atoms with van der Waals surface area (Å²) in [5, 5.41) is 10.1. The molecule has 0 fully saturated rings. The average molecular weight is 459 g/mol. The van der Waals surface area contributed by atoms with E-state index in [2.05, 4.69) is 29.6 Å². The van der Waals surface area contributed by atoms with E-state index < -0.39 is 5.91 Å². The van der Waals surface area contributed by atoms with E-state index in [0.29, 0.717) is 23.0 Å². The first-order valence-corrected chi connectivity index (χ1v) is 10.7. The normalized spacial score (nSPS) is 11.0. The molecule has 8 nitrogen and oxygen atoms in total. The highest BCUT2D eigenvalue weighted by molar-refractivity contribution is 6.31. The number of nitrogens with zero attached hydrogens (tertiary/aromatic N) is 2. The molecule has 0 unspecified atom stereocenters. The van der Waals surface area contributed by atoms with Crippen LogP contribution in [0.3, 0.4) is 0 Å². The summed E-state index contributed by atoms with van der Waals surface area (Å²) in [5.74, 6) is 0.689. The smallest absolute Gasteiger partial charge is 0.291 e. The van der Waals surface area contributed by atoms with E-state index in [1.54, 1.807) is 23.0 Å². The molecule has 0 radical (unpaired) electrons. The van der Waals surface area contributed by atoms with Gasteiger partial charge in [0.05, 0.1) is 5.69 Å². The summed E-state index contributed by atoms with van der Waals surface area (Å²) in [6.45, 7) is 8.66. The molecule has 32 heavy (non-hydrogen) atoms. The molecule has 3 rings (SSSR count). The van der Waals surface area contributed by atoms with Crippen LogP contribution >= 0.6 is 11.6 Å².